The molecule has 0 aliphatic rings. The molecule has 5 amide bonds. The number of carboxylic acids is 3. The molecule has 0 aliphatic carbocycles. The first-order chi connectivity index (χ1) is 56.2. The molecular weight excluding hydrogens is 1670 g/mol. The van der Waals surface area contributed by atoms with Crippen molar-refractivity contribution in [3.8, 4) is 0 Å². The van der Waals surface area contributed by atoms with Gasteiger partial charge in [0.05, 0.1) is 52.5 Å². The van der Waals surface area contributed by atoms with E-state index >= 15 is 0 Å². The largest absolute Gasteiger partial charge is 1.00 e. The zero-order chi connectivity index (χ0) is 93.5. The van der Waals surface area contributed by atoms with E-state index in [1.165, 1.54) is 56.4 Å². The Morgan fingerprint density at radius 2 is 0.689 bits per heavy atom. The van der Waals surface area contributed by atoms with Crippen LogP contribution in [0.2, 0.25) is 0 Å². The number of alkyl carbamates (subject to hydrolysis) is 3. The van der Waals surface area contributed by atoms with Gasteiger partial charge in [0.1, 0.15) is 59.5 Å². The summed E-state index contributed by atoms with van der Waals surface area (Å²) in [5, 5.41) is 40.3. The van der Waals surface area contributed by atoms with Gasteiger partial charge in [0, 0.05) is 54.5 Å². The van der Waals surface area contributed by atoms with Crippen LogP contribution < -0.4 is 83.1 Å². The molecule has 3 aromatic carbocycles. The average molecular weight is 1800 g/mol. The predicted octanol–water partition coefficient (Wildman–Crippen LogP) is 9.64. The Bertz CT molecular complexity index is 3690. The molecule has 680 valence electrons. The molecule has 33 nitrogen and oxygen atoms in total. The molecule has 0 aliphatic heterocycles. The van der Waals surface area contributed by atoms with Gasteiger partial charge in [-0.15, -0.1) is 23.5 Å². The minimum absolute atomic E-state index is 0. The Morgan fingerprint density at radius 3 is 0.934 bits per heavy atom. The predicted molar refractivity (Wildman–Crippen MR) is 458 cm³/mol. The normalized spacial score (nSPS) is 11.0. The molecule has 0 radical (unpaired) electrons. The summed E-state index contributed by atoms with van der Waals surface area (Å²) in [6, 6.07) is 20.7. The number of thioether (sulfide) groups is 2. The molecule has 3 aromatic rings. The summed E-state index contributed by atoms with van der Waals surface area (Å²) in [4.78, 5) is 159. The second-order valence-electron chi connectivity index (χ2n) is 29.9. The SMILES string of the molecule is C=C(C)C(=O)OCCNC(=O)OCCOC(=O)C(C)(C)CC.C=C(C)C(=O)OCCNC(=O)OCCOC(=O)C(C)(C)CC.C=C(C)C(=O)OCCNC(=O)OCCOC(=O)C(C)(C)CC.CCC(C)(C)C(=O)Nc1ccc(SCC(=O)O)cc1.CCC(C)(C)C(=O)Nc1ccc(SCC(=O)[O-])cc1.CCC(C)c1ccc(S(=O)(=O)CC(=O)O)cc1.[K+]. The smallest absolute Gasteiger partial charge is 0.549 e. The minimum atomic E-state index is -3.71. The van der Waals surface area contributed by atoms with Crippen molar-refractivity contribution in [3.63, 3.8) is 0 Å². The van der Waals surface area contributed by atoms with Gasteiger partial charge in [0.2, 0.25) is 11.8 Å². The van der Waals surface area contributed by atoms with Crippen molar-refractivity contribution in [2.45, 2.75) is 198 Å². The quantitative estimate of drug-likeness (QED) is 0.00691. The van der Waals surface area contributed by atoms with Crippen molar-refractivity contribution < 1.29 is 185 Å². The number of ether oxygens (including phenoxy) is 9. The topological polar surface area (TPSA) is 480 Å². The van der Waals surface area contributed by atoms with Crippen LogP contribution in [0.25, 0.3) is 0 Å². The Hall–Kier alpha value is -8.85. The number of nitrogens with one attached hydrogen (secondary N) is 5. The van der Waals surface area contributed by atoms with Crippen LogP contribution in [0.1, 0.15) is 188 Å². The Labute approximate surface area is 769 Å². The fraction of sp³-hybridized carbons (Fsp3) is 0.553. The first-order valence-corrected chi connectivity index (χ1v) is 42.6. The van der Waals surface area contributed by atoms with Crippen molar-refractivity contribution >= 4 is 129 Å². The molecular formula is C85H128KN5O28S3. The fourth-order valence-electron chi connectivity index (χ4n) is 7.20. The van der Waals surface area contributed by atoms with E-state index in [-0.39, 0.29) is 177 Å². The molecule has 0 aromatic heterocycles. The van der Waals surface area contributed by atoms with Crippen LogP contribution in [-0.4, -0.2) is 199 Å². The van der Waals surface area contributed by atoms with E-state index in [2.05, 4.69) is 60.2 Å². The molecule has 7 N–H and O–H groups in total. The van der Waals surface area contributed by atoms with E-state index < -0.39 is 96.8 Å². The molecule has 0 spiro atoms. The van der Waals surface area contributed by atoms with E-state index in [1.54, 1.807) is 90.1 Å². The summed E-state index contributed by atoms with van der Waals surface area (Å²) in [6.07, 6.45) is 2.49. The molecule has 122 heavy (non-hydrogen) atoms. The summed E-state index contributed by atoms with van der Waals surface area (Å²) in [6.45, 7) is 47.3. The third kappa shape index (κ3) is 56.0. The van der Waals surface area contributed by atoms with Crippen molar-refractivity contribution in [2.24, 2.45) is 27.1 Å². The number of sulfone groups is 1. The summed E-state index contributed by atoms with van der Waals surface area (Å²) in [5.74, 6) is -6.37. The number of esters is 6. The number of amides is 5. The van der Waals surface area contributed by atoms with Crippen molar-refractivity contribution in [3.05, 3.63) is 115 Å². The molecule has 1 unspecified atom stereocenters. The van der Waals surface area contributed by atoms with Gasteiger partial charge in [-0.2, -0.15) is 0 Å². The number of hydrogen-bond acceptors (Lipinski definition) is 28. The standard InChI is InChI=1S/3C15H25NO6.2C14H19NO3S.C12H16O4S.K/c3*1-6-15(4,5)13(18)21-9-10-22-14(19)16-7-8-20-12(17)11(2)3;2*1-4-14(2,3)13(18)15-10-5-7-11(8-6-10)19-9-12(16)17;1-3-9(2)10-4-6-11(7-5-10)17(15,16)8-12(13)14;/h3*2,6-10H2,1,3-5H3,(H,16,19);2*5-8H,4,9H2,1-3H3,(H,15,18)(H,16,17);4-7,9H,3,8H2,1-2H3,(H,13,14);/q;;;;;;+1/p-1. The van der Waals surface area contributed by atoms with Crippen molar-refractivity contribution in [2.75, 3.05) is 107 Å². The summed E-state index contributed by atoms with van der Waals surface area (Å²) < 4.78 is 67.0. The zero-order valence-electron chi connectivity index (χ0n) is 74.7. The number of hydrogen-bond donors (Lipinski definition) is 7. The second kappa shape index (κ2) is 63.1. The maximum Gasteiger partial charge on any atom is 1.00 e. The molecule has 0 bridgehead atoms. The van der Waals surface area contributed by atoms with Gasteiger partial charge in [-0.3, -0.25) is 33.6 Å². The minimum Gasteiger partial charge on any atom is -0.549 e. The average Bonchev–Trinajstić information content (AvgIpc) is 0.812. The second-order valence-corrected chi connectivity index (χ2v) is 34.0. The van der Waals surface area contributed by atoms with Crippen LogP contribution in [0.4, 0.5) is 25.8 Å². The number of rotatable bonds is 44. The summed E-state index contributed by atoms with van der Waals surface area (Å²) >= 11 is 2.45. The van der Waals surface area contributed by atoms with Gasteiger partial charge in [-0.05, 0) is 173 Å². The number of anilines is 2. The molecule has 0 saturated carbocycles. The Morgan fingerprint density at radius 1 is 0.410 bits per heavy atom. The first kappa shape index (κ1) is 119. The van der Waals surface area contributed by atoms with Crippen LogP contribution in [-0.2, 0) is 105 Å². The molecule has 0 saturated heterocycles. The van der Waals surface area contributed by atoms with Gasteiger partial charge < -0.3 is 89.3 Å². The fourth-order valence-corrected chi connectivity index (χ4v) is 9.48. The third-order valence-corrected chi connectivity index (χ3v) is 21.1. The molecule has 37 heteroatoms. The molecule has 3 rings (SSSR count). The van der Waals surface area contributed by atoms with Crippen LogP contribution in [0.5, 0.6) is 0 Å². The van der Waals surface area contributed by atoms with Gasteiger partial charge in [0.15, 0.2) is 15.6 Å². The zero-order valence-corrected chi connectivity index (χ0v) is 80.3. The van der Waals surface area contributed by atoms with E-state index in [4.69, 9.17) is 52.8 Å². The first-order valence-electron chi connectivity index (χ1n) is 38.9. The van der Waals surface area contributed by atoms with E-state index in [0.717, 1.165) is 40.3 Å². The van der Waals surface area contributed by atoms with Crippen molar-refractivity contribution in [1.29, 1.82) is 0 Å². The van der Waals surface area contributed by atoms with Crippen LogP contribution in [0, 0.1) is 27.1 Å². The van der Waals surface area contributed by atoms with E-state index in [0.29, 0.717) is 47.6 Å². The van der Waals surface area contributed by atoms with Crippen LogP contribution in [0.3, 0.4) is 0 Å². The van der Waals surface area contributed by atoms with Crippen LogP contribution in [0.15, 0.2) is 124 Å². The Kier molecular flexibility index (Phi) is 61.8. The number of benzene rings is 3. The number of carbonyl (C=O) groups excluding carboxylic acids is 12. The molecule has 0 fully saturated rings. The number of carbonyl (C=O) groups is 14. The monoisotopic (exact) mass is 1800 g/mol. The van der Waals surface area contributed by atoms with Gasteiger partial charge in [0.25, 0.3) is 0 Å². The molecule has 0 heterocycles. The number of carboxylic acid groups (broad SMARTS) is 3. The summed E-state index contributed by atoms with van der Waals surface area (Å²) in [5.41, 5.74) is 0.940. The Balaban J connectivity index is -0.000000685. The van der Waals surface area contributed by atoms with Gasteiger partial charge in [-0.1, -0.05) is 108 Å². The van der Waals surface area contributed by atoms with Gasteiger partial charge in [-0.25, -0.2) is 37.2 Å². The number of aliphatic carboxylic acids is 3. The van der Waals surface area contributed by atoms with Crippen molar-refractivity contribution in [1.82, 2.24) is 16.0 Å². The van der Waals surface area contributed by atoms with Gasteiger partial charge >= 0.3 is 117 Å². The van der Waals surface area contributed by atoms with Crippen LogP contribution >= 0.6 is 23.5 Å². The third-order valence-electron chi connectivity index (χ3n) is 17.5. The maximum atomic E-state index is 12.0. The van der Waals surface area contributed by atoms with E-state index in [9.17, 15) is 80.6 Å². The maximum absolute atomic E-state index is 12.0. The summed E-state index contributed by atoms with van der Waals surface area (Å²) in [7, 11) is -3.71. The van der Waals surface area contributed by atoms with E-state index in [1.807, 2.05) is 74.4 Å². The molecule has 1 atom stereocenters.